The molecule has 0 unspecified atom stereocenters. The summed E-state index contributed by atoms with van der Waals surface area (Å²) in [6, 6.07) is 0. The lowest BCUT2D eigenvalue weighted by atomic mass is 9.97. The topological polar surface area (TPSA) is 73.8 Å². The minimum atomic E-state index is -0.147. The van der Waals surface area contributed by atoms with Gasteiger partial charge in [0.15, 0.2) is 6.40 Å². The van der Waals surface area contributed by atoms with E-state index in [-0.39, 0.29) is 5.56 Å². The highest BCUT2D eigenvalue weighted by Gasteiger charge is 2.22. The summed E-state index contributed by atoms with van der Waals surface area (Å²) in [5.41, 5.74) is 1.03. The minimum absolute atomic E-state index is 0.147. The Morgan fingerprint density at radius 3 is 3.18 bits per heavy atom. The van der Waals surface area contributed by atoms with E-state index in [1.54, 1.807) is 17.7 Å². The number of nitrogens with zero attached hydrogens (tertiary/aromatic N) is 5. The Hall–Kier alpha value is -2.22. The van der Waals surface area contributed by atoms with Gasteiger partial charge < -0.3 is 4.74 Å². The number of thiophene rings is 1. The molecule has 0 saturated heterocycles. The fourth-order valence-corrected chi connectivity index (χ4v) is 4.26. The van der Waals surface area contributed by atoms with Crippen molar-refractivity contribution in [2.24, 2.45) is 5.10 Å². The van der Waals surface area contributed by atoms with Gasteiger partial charge in [-0.1, -0.05) is 0 Å². The van der Waals surface area contributed by atoms with Crippen molar-refractivity contribution in [3.05, 3.63) is 27.1 Å². The van der Waals surface area contributed by atoms with Gasteiger partial charge in [-0.2, -0.15) is 4.68 Å². The first-order valence-electron chi connectivity index (χ1n) is 7.34. The summed E-state index contributed by atoms with van der Waals surface area (Å²) in [5, 5.41) is 12.8. The number of aromatic nitrogens is 4. The Balaban J connectivity index is 2.07. The zero-order valence-electron chi connectivity index (χ0n) is 12.2. The number of hydrogen-bond donors (Lipinski definition) is 0. The van der Waals surface area contributed by atoms with Crippen LogP contribution in [0.15, 0.2) is 16.2 Å². The van der Waals surface area contributed by atoms with Crippen molar-refractivity contribution in [1.29, 1.82) is 0 Å². The highest BCUT2D eigenvalue weighted by molar-refractivity contribution is 7.18. The van der Waals surface area contributed by atoms with E-state index in [4.69, 9.17) is 4.74 Å². The van der Waals surface area contributed by atoms with Crippen LogP contribution in [0.2, 0.25) is 0 Å². The maximum absolute atomic E-state index is 12.9. The average Bonchev–Trinajstić information content (AvgIpc) is 3.14. The van der Waals surface area contributed by atoms with Gasteiger partial charge in [0, 0.05) is 4.88 Å². The van der Waals surface area contributed by atoms with Crippen molar-refractivity contribution in [2.45, 2.75) is 32.6 Å². The monoisotopic (exact) mass is 317 g/mol. The second kappa shape index (κ2) is 5.20. The molecule has 114 valence electrons. The van der Waals surface area contributed by atoms with E-state index in [0.717, 1.165) is 29.5 Å². The summed E-state index contributed by atoms with van der Waals surface area (Å²) in [6.45, 7) is 2.36. The number of hydrogen-bond acceptors (Lipinski definition) is 6. The Labute approximate surface area is 129 Å². The zero-order valence-corrected chi connectivity index (χ0v) is 13.0. The van der Waals surface area contributed by atoms with Crippen LogP contribution in [0.1, 0.15) is 30.2 Å². The number of ether oxygens (including phenoxy) is 1. The van der Waals surface area contributed by atoms with Gasteiger partial charge >= 0.3 is 0 Å². The second-order valence-corrected chi connectivity index (χ2v) is 6.27. The SMILES string of the molecule is CCO/C=N/n1c(=O)c2c3c(sc2n2cnnc12)CCCC3. The van der Waals surface area contributed by atoms with E-state index in [0.29, 0.717) is 12.4 Å². The van der Waals surface area contributed by atoms with E-state index in [2.05, 4.69) is 15.3 Å². The summed E-state index contributed by atoms with van der Waals surface area (Å²) in [7, 11) is 0. The van der Waals surface area contributed by atoms with Gasteiger partial charge in [0.25, 0.3) is 11.3 Å². The van der Waals surface area contributed by atoms with Crippen LogP contribution in [0.4, 0.5) is 0 Å². The lowest BCUT2D eigenvalue weighted by Crippen LogP contribution is -2.20. The Kier molecular flexibility index (Phi) is 3.18. The molecule has 3 aromatic heterocycles. The molecule has 0 saturated carbocycles. The third-order valence-electron chi connectivity index (χ3n) is 3.90. The van der Waals surface area contributed by atoms with Crippen LogP contribution in [0, 0.1) is 0 Å². The van der Waals surface area contributed by atoms with E-state index >= 15 is 0 Å². The second-order valence-electron chi connectivity index (χ2n) is 5.19. The molecule has 3 heterocycles. The van der Waals surface area contributed by atoms with Crippen LogP contribution >= 0.6 is 11.3 Å². The van der Waals surface area contributed by atoms with Crippen LogP contribution in [0.25, 0.3) is 16.0 Å². The predicted octanol–water partition coefficient (Wildman–Crippen LogP) is 1.81. The van der Waals surface area contributed by atoms with Crippen LogP contribution in [-0.2, 0) is 17.6 Å². The Morgan fingerprint density at radius 1 is 1.45 bits per heavy atom. The van der Waals surface area contributed by atoms with Crippen molar-refractivity contribution in [2.75, 3.05) is 6.61 Å². The molecule has 0 spiro atoms. The summed E-state index contributed by atoms with van der Waals surface area (Å²) < 4.78 is 8.22. The van der Waals surface area contributed by atoms with Gasteiger partial charge in [-0.25, -0.2) is 0 Å². The molecule has 0 N–H and O–H groups in total. The summed E-state index contributed by atoms with van der Waals surface area (Å²) in [6.07, 6.45) is 7.21. The van der Waals surface area contributed by atoms with Crippen LogP contribution in [0.5, 0.6) is 0 Å². The maximum Gasteiger partial charge on any atom is 0.284 e. The fraction of sp³-hybridized carbons (Fsp3) is 0.429. The molecule has 0 aliphatic heterocycles. The maximum atomic E-state index is 12.9. The predicted molar refractivity (Wildman–Crippen MR) is 84.8 cm³/mol. The summed E-state index contributed by atoms with van der Waals surface area (Å²) in [4.78, 5) is 15.1. The van der Waals surface area contributed by atoms with Crippen LogP contribution < -0.4 is 5.56 Å². The molecule has 3 aromatic rings. The first-order chi connectivity index (χ1) is 10.8. The molecule has 0 atom stereocenters. The third-order valence-corrected chi connectivity index (χ3v) is 5.19. The zero-order chi connectivity index (χ0) is 15.1. The first kappa shape index (κ1) is 13.4. The molecule has 0 fully saturated rings. The van der Waals surface area contributed by atoms with Crippen molar-refractivity contribution in [1.82, 2.24) is 19.3 Å². The van der Waals surface area contributed by atoms with E-state index in [1.807, 2.05) is 11.3 Å². The number of fused-ring (bicyclic) bond motifs is 5. The van der Waals surface area contributed by atoms with Crippen molar-refractivity contribution in [3.63, 3.8) is 0 Å². The smallest absolute Gasteiger partial charge is 0.284 e. The molecule has 0 radical (unpaired) electrons. The van der Waals surface area contributed by atoms with E-state index in [1.165, 1.54) is 27.9 Å². The third kappa shape index (κ3) is 1.87. The fourth-order valence-electron chi connectivity index (χ4n) is 2.91. The lowest BCUT2D eigenvalue weighted by molar-refractivity contribution is 0.340. The molecule has 1 aliphatic carbocycles. The standard InChI is InChI=1S/C14H15N5O2S/c1-2-21-8-16-19-12(20)11-9-5-3-4-6-10(9)22-13(11)18-7-15-17-14(18)19/h7-8H,2-6H2,1H3/b16-8+. The number of rotatable bonds is 3. The quantitative estimate of drug-likeness (QED) is 0.545. The van der Waals surface area contributed by atoms with Crippen LogP contribution in [-0.4, -0.2) is 32.3 Å². The first-order valence-corrected chi connectivity index (χ1v) is 8.16. The molecule has 7 nitrogen and oxygen atoms in total. The van der Waals surface area contributed by atoms with Gasteiger partial charge in [0.2, 0.25) is 0 Å². The van der Waals surface area contributed by atoms with Crippen LogP contribution in [0.3, 0.4) is 0 Å². The molecule has 0 aromatic carbocycles. The highest BCUT2D eigenvalue weighted by Crippen LogP contribution is 2.34. The van der Waals surface area contributed by atoms with E-state index in [9.17, 15) is 4.79 Å². The van der Waals surface area contributed by atoms with E-state index < -0.39 is 0 Å². The Morgan fingerprint density at radius 2 is 2.32 bits per heavy atom. The Bertz CT molecular complexity index is 936. The summed E-state index contributed by atoms with van der Waals surface area (Å²) in [5.74, 6) is 0.409. The normalized spacial score (nSPS) is 15.0. The number of aryl methyl sites for hydroxylation is 2. The van der Waals surface area contributed by atoms with Crippen molar-refractivity contribution < 1.29 is 4.74 Å². The molecule has 0 bridgehead atoms. The van der Waals surface area contributed by atoms with Gasteiger partial charge in [-0.3, -0.25) is 9.20 Å². The molecular weight excluding hydrogens is 302 g/mol. The van der Waals surface area contributed by atoms with Gasteiger partial charge in [-0.15, -0.1) is 26.6 Å². The average molecular weight is 317 g/mol. The molecule has 0 amide bonds. The molecule has 4 rings (SSSR count). The molecule has 22 heavy (non-hydrogen) atoms. The molecule has 1 aliphatic rings. The summed E-state index contributed by atoms with van der Waals surface area (Å²) >= 11 is 1.67. The molecule has 8 heteroatoms. The van der Waals surface area contributed by atoms with Crippen molar-refractivity contribution in [3.8, 4) is 0 Å². The van der Waals surface area contributed by atoms with Gasteiger partial charge in [-0.05, 0) is 38.2 Å². The largest absolute Gasteiger partial charge is 0.482 e. The molecular formula is C14H15N5O2S. The lowest BCUT2D eigenvalue weighted by Gasteiger charge is -2.10. The van der Waals surface area contributed by atoms with Gasteiger partial charge in [0.05, 0.1) is 12.0 Å². The highest BCUT2D eigenvalue weighted by atomic mass is 32.1. The van der Waals surface area contributed by atoms with Gasteiger partial charge in [0.1, 0.15) is 11.2 Å². The van der Waals surface area contributed by atoms with Crippen molar-refractivity contribution >= 4 is 33.7 Å². The minimum Gasteiger partial charge on any atom is -0.482 e.